The Kier molecular flexibility index (Phi) is 3.29. The molecule has 1 atom stereocenters. The Labute approximate surface area is 73.6 Å². The fraction of sp³-hybridized carbons (Fsp3) is 0.667. The van der Waals surface area contributed by atoms with Crippen molar-refractivity contribution in [1.82, 2.24) is 9.55 Å². The summed E-state index contributed by atoms with van der Waals surface area (Å²) in [6, 6.07) is 0.220. The van der Waals surface area contributed by atoms with Crippen LogP contribution in [0.1, 0.15) is 26.0 Å². The largest absolute Gasteiger partial charge is 0.335 e. The lowest BCUT2D eigenvalue weighted by Gasteiger charge is -2.08. The molecule has 0 bridgehead atoms. The minimum Gasteiger partial charge on any atom is -0.335 e. The normalized spacial score (nSPS) is 13.2. The maximum absolute atomic E-state index is 5.71. The van der Waals surface area contributed by atoms with Crippen LogP contribution in [0.25, 0.3) is 0 Å². The number of rotatable bonds is 4. The predicted octanol–water partition coefficient (Wildman–Crippen LogP) is 1.18. The Morgan fingerprint density at radius 3 is 3.00 bits per heavy atom. The first-order valence-electron chi connectivity index (χ1n) is 4.48. The molecule has 0 aliphatic heterocycles. The van der Waals surface area contributed by atoms with Crippen molar-refractivity contribution in [1.29, 1.82) is 0 Å². The van der Waals surface area contributed by atoms with Crippen LogP contribution >= 0.6 is 0 Å². The molecule has 1 unspecified atom stereocenters. The van der Waals surface area contributed by atoms with Crippen molar-refractivity contribution >= 4 is 0 Å². The van der Waals surface area contributed by atoms with Gasteiger partial charge in [-0.2, -0.15) is 0 Å². The van der Waals surface area contributed by atoms with Gasteiger partial charge < -0.3 is 10.3 Å². The number of imidazole rings is 1. The molecule has 68 valence electrons. The van der Waals surface area contributed by atoms with Gasteiger partial charge in [0.05, 0.1) is 6.33 Å². The van der Waals surface area contributed by atoms with Crippen LogP contribution < -0.4 is 5.73 Å². The van der Waals surface area contributed by atoms with Crippen LogP contribution in [0, 0.1) is 0 Å². The Bertz CT molecular complexity index is 227. The van der Waals surface area contributed by atoms with Crippen LogP contribution in [-0.2, 0) is 13.0 Å². The molecule has 0 radical (unpaired) electrons. The van der Waals surface area contributed by atoms with Crippen LogP contribution in [0.4, 0.5) is 0 Å². The highest BCUT2D eigenvalue weighted by Gasteiger charge is 2.02. The molecule has 1 heterocycles. The molecule has 0 fully saturated rings. The lowest BCUT2D eigenvalue weighted by Crippen LogP contribution is -2.19. The average Bonchev–Trinajstić information content (AvgIpc) is 2.37. The number of hydrogen-bond donors (Lipinski definition) is 1. The molecular formula is C9H17N3. The van der Waals surface area contributed by atoms with Crippen LogP contribution in [0.15, 0.2) is 12.5 Å². The van der Waals surface area contributed by atoms with Crippen molar-refractivity contribution in [3.05, 3.63) is 18.2 Å². The van der Waals surface area contributed by atoms with E-state index >= 15 is 0 Å². The van der Waals surface area contributed by atoms with Crippen molar-refractivity contribution in [3.63, 3.8) is 0 Å². The maximum atomic E-state index is 5.71. The van der Waals surface area contributed by atoms with Crippen molar-refractivity contribution in [3.8, 4) is 0 Å². The molecule has 0 saturated heterocycles. The molecule has 0 aromatic carbocycles. The third-order valence-electron chi connectivity index (χ3n) is 1.79. The van der Waals surface area contributed by atoms with Gasteiger partial charge in [0, 0.05) is 30.9 Å². The van der Waals surface area contributed by atoms with Crippen molar-refractivity contribution in [2.75, 3.05) is 0 Å². The van der Waals surface area contributed by atoms with Gasteiger partial charge in [-0.05, 0) is 13.3 Å². The van der Waals surface area contributed by atoms with Gasteiger partial charge in [0.1, 0.15) is 0 Å². The van der Waals surface area contributed by atoms with Crippen molar-refractivity contribution in [2.45, 2.75) is 39.3 Å². The van der Waals surface area contributed by atoms with Crippen LogP contribution in [-0.4, -0.2) is 15.6 Å². The Balaban J connectivity index is 2.63. The minimum absolute atomic E-state index is 0.220. The molecule has 1 rings (SSSR count). The summed E-state index contributed by atoms with van der Waals surface area (Å²) in [4.78, 5) is 4.10. The highest BCUT2D eigenvalue weighted by molar-refractivity contribution is 5.00. The molecule has 12 heavy (non-hydrogen) atoms. The van der Waals surface area contributed by atoms with Gasteiger partial charge in [-0.3, -0.25) is 0 Å². The average molecular weight is 167 g/mol. The van der Waals surface area contributed by atoms with E-state index in [-0.39, 0.29) is 6.04 Å². The van der Waals surface area contributed by atoms with E-state index in [1.54, 1.807) is 0 Å². The summed E-state index contributed by atoms with van der Waals surface area (Å²) in [6.45, 7) is 5.22. The zero-order chi connectivity index (χ0) is 8.97. The molecule has 0 spiro atoms. The molecule has 0 amide bonds. The number of aryl methyl sites for hydroxylation is 1. The molecule has 0 saturated carbocycles. The van der Waals surface area contributed by atoms with Crippen molar-refractivity contribution < 1.29 is 0 Å². The lowest BCUT2D eigenvalue weighted by atomic mass is 10.2. The van der Waals surface area contributed by atoms with E-state index in [1.165, 1.54) is 5.69 Å². The van der Waals surface area contributed by atoms with Gasteiger partial charge in [-0.15, -0.1) is 0 Å². The summed E-state index contributed by atoms with van der Waals surface area (Å²) >= 11 is 0. The minimum atomic E-state index is 0.220. The highest BCUT2D eigenvalue weighted by Crippen LogP contribution is 2.03. The monoisotopic (exact) mass is 167 g/mol. The zero-order valence-electron chi connectivity index (χ0n) is 7.83. The molecule has 2 N–H and O–H groups in total. The molecule has 3 heteroatoms. The fourth-order valence-electron chi connectivity index (χ4n) is 1.29. The zero-order valence-corrected chi connectivity index (χ0v) is 7.83. The first-order chi connectivity index (χ1) is 5.74. The first kappa shape index (κ1) is 9.26. The number of hydrogen-bond acceptors (Lipinski definition) is 2. The maximum Gasteiger partial charge on any atom is 0.0948 e. The molecule has 0 aliphatic carbocycles. The Morgan fingerprint density at radius 1 is 1.67 bits per heavy atom. The standard InChI is InChI=1S/C9H17N3/c1-3-4-12-7-11-6-9(12)5-8(2)10/h6-8H,3-5,10H2,1-2H3. The third-order valence-corrected chi connectivity index (χ3v) is 1.79. The molecule has 0 aliphatic rings. The number of aromatic nitrogens is 2. The van der Waals surface area contributed by atoms with Crippen LogP contribution in [0.5, 0.6) is 0 Å². The SMILES string of the molecule is CCCn1cncc1CC(C)N. The van der Waals surface area contributed by atoms with E-state index in [1.807, 2.05) is 19.4 Å². The van der Waals surface area contributed by atoms with E-state index in [0.717, 1.165) is 19.4 Å². The van der Waals surface area contributed by atoms with Crippen LogP contribution in [0.2, 0.25) is 0 Å². The Morgan fingerprint density at radius 2 is 2.42 bits per heavy atom. The summed E-state index contributed by atoms with van der Waals surface area (Å²) in [5.74, 6) is 0. The van der Waals surface area contributed by atoms with E-state index in [2.05, 4.69) is 16.5 Å². The lowest BCUT2D eigenvalue weighted by molar-refractivity contribution is 0.616. The summed E-state index contributed by atoms with van der Waals surface area (Å²) in [6.07, 6.45) is 5.84. The summed E-state index contributed by atoms with van der Waals surface area (Å²) in [5.41, 5.74) is 6.95. The van der Waals surface area contributed by atoms with E-state index < -0.39 is 0 Å². The molecule has 1 aromatic rings. The fourth-order valence-corrected chi connectivity index (χ4v) is 1.29. The van der Waals surface area contributed by atoms with E-state index in [9.17, 15) is 0 Å². The van der Waals surface area contributed by atoms with Gasteiger partial charge in [-0.1, -0.05) is 6.92 Å². The van der Waals surface area contributed by atoms with Crippen LogP contribution in [0.3, 0.4) is 0 Å². The second kappa shape index (κ2) is 4.26. The molecule has 1 aromatic heterocycles. The summed E-state index contributed by atoms with van der Waals surface area (Å²) < 4.78 is 2.17. The molecular weight excluding hydrogens is 150 g/mol. The quantitative estimate of drug-likeness (QED) is 0.732. The second-order valence-corrected chi connectivity index (χ2v) is 3.26. The van der Waals surface area contributed by atoms with Gasteiger partial charge >= 0.3 is 0 Å². The van der Waals surface area contributed by atoms with E-state index in [0.29, 0.717) is 0 Å². The van der Waals surface area contributed by atoms with Crippen molar-refractivity contribution in [2.24, 2.45) is 5.73 Å². The van der Waals surface area contributed by atoms with Gasteiger partial charge in [-0.25, -0.2) is 4.98 Å². The van der Waals surface area contributed by atoms with E-state index in [4.69, 9.17) is 5.73 Å². The van der Waals surface area contributed by atoms with Gasteiger partial charge in [0.25, 0.3) is 0 Å². The summed E-state index contributed by atoms with van der Waals surface area (Å²) in [7, 11) is 0. The number of nitrogens with two attached hydrogens (primary N) is 1. The first-order valence-corrected chi connectivity index (χ1v) is 4.48. The molecule has 3 nitrogen and oxygen atoms in total. The van der Waals surface area contributed by atoms with Gasteiger partial charge in [0.15, 0.2) is 0 Å². The van der Waals surface area contributed by atoms with Gasteiger partial charge in [0.2, 0.25) is 0 Å². The summed E-state index contributed by atoms with van der Waals surface area (Å²) in [5, 5.41) is 0. The third kappa shape index (κ3) is 2.34. The highest BCUT2D eigenvalue weighted by atomic mass is 15.0. The Hall–Kier alpha value is -0.830. The topological polar surface area (TPSA) is 43.8 Å². The number of nitrogens with zero attached hydrogens (tertiary/aromatic N) is 2. The second-order valence-electron chi connectivity index (χ2n) is 3.26. The smallest absolute Gasteiger partial charge is 0.0948 e. The predicted molar refractivity (Wildman–Crippen MR) is 49.9 cm³/mol.